The van der Waals surface area contributed by atoms with Crippen molar-refractivity contribution in [2.75, 3.05) is 13.1 Å². The van der Waals surface area contributed by atoms with Crippen molar-refractivity contribution in [1.82, 2.24) is 20.5 Å². The van der Waals surface area contributed by atoms with E-state index in [1.165, 1.54) is 0 Å². The number of nitrogens with one attached hydrogen (secondary N) is 2. The van der Waals surface area contributed by atoms with Crippen molar-refractivity contribution in [2.24, 2.45) is 0 Å². The van der Waals surface area contributed by atoms with E-state index in [1.54, 1.807) is 17.0 Å². The number of imide groups is 1. The van der Waals surface area contributed by atoms with Gasteiger partial charge in [0.25, 0.3) is 11.8 Å². The number of rotatable bonds is 1. The van der Waals surface area contributed by atoms with Crippen LogP contribution in [0.2, 0.25) is 0 Å². The molecular weight excluding hydrogens is 260 g/mol. The third-order valence-corrected chi connectivity index (χ3v) is 3.68. The number of likely N-dealkylation sites (tertiary alicyclic amines) is 1. The number of urea groups is 1. The maximum atomic E-state index is 12.3. The molecule has 1 aromatic rings. The van der Waals surface area contributed by atoms with E-state index >= 15 is 0 Å². The molecule has 2 aliphatic heterocycles. The number of hydrogen-bond donors (Lipinski definition) is 2. The van der Waals surface area contributed by atoms with Crippen LogP contribution in [0.15, 0.2) is 18.2 Å². The largest absolute Gasteiger partial charge is 0.334 e. The Kier molecular flexibility index (Phi) is 2.70. The molecule has 2 N–H and O–H groups in total. The number of hydrogen-bond acceptors (Lipinski definition) is 4. The lowest BCUT2D eigenvalue weighted by molar-refractivity contribution is -0.123. The van der Waals surface area contributed by atoms with Gasteiger partial charge >= 0.3 is 6.03 Å². The fourth-order valence-corrected chi connectivity index (χ4v) is 2.62. The fraction of sp³-hybridized carbons (Fsp3) is 0.385. The molecule has 0 saturated carbocycles. The third-order valence-electron chi connectivity index (χ3n) is 3.68. The minimum Gasteiger partial charge on any atom is -0.334 e. The summed E-state index contributed by atoms with van der Waals surface area (Å²) in [6.07, 6.45) is 0.419. The highest BCUT2D eigenvalue weighted by Gasteiger charge is 2.51. The van der Waals surface area contributed by atoms with Crippen molar-refractivity contribution < 1.29 is 14.4 Å². The van der Waals surface area contributed by atoms with Crippen molar-refractivity contribution >= 4 is 17.8 Å². The van der Waals surface area contributed by atoms with Crippen LogP contribution in [0.3, 0.4) is 0 Å². The van der Waals surface area contributed by atoms with Crippen LogP contribution < -0.4 is 10.6 Å². The van der Waals surface area contributed by atoms with E-state index in [1.807, 2.05) is 13.0 Å². The molecule has 0 radical (unpaired) electrons. The summed E-state index contributed by atoms with van der Waals surface area (Å²) in [5, 5.41) is 4.83. The first-order valence-corrected chi connectivity index (χ1v) is 6.37. The minimum absolute atomic E-state index is 0.180. The first-order valence-electron chi connectivity index (χ1n) is 6.37. The molecule has 1 unspecified atom stereocenters. The second-order valence-electron chi connectivity index (χ2n) is 5.13. The first-order chi connectivity index (χ1) is 9.50. The maximum absolute atomic E-state index is 12.3. The van der Waals surface area contributed by atoms with Crippen molar-refractivity contribution in [1.29, 1.82) is 0 Å². The van der Waals surface area contributed by atoms with Gasteiger partial charge in [0.05, 0.1) is 6.54 Å². The van der Waals surface area contributed by atoms with Gasteiger partial charge in [0.2, 0.25) is 0 Å². The number of carbonyl (C=O) groups excluding carboxylic acids is 3. The molecule has 0 aliphatic carbocycles. The predicted octanol–water partition coefficient (Wildman–Crippen LogP) is -0.186. The predicted molar refractivity (Wildman–Crippen MR) is 68.9 cm³/mol. The number of aryl methyl sites for hydroxylation is 1. The van der Waals surface area contributed by atoms with Gasteiger partial charge in [-0.15, -0.1) is 0 Å². The van der Waals surface area contributed by atoms with E-state index in [4.69, 9.17) is 0 Å². The summed E-state index contributed by atoms with van der Waals surface area (Å²) in [4.78, 5) is 41.1. The molecule has 3 heterocycles. The number of pyridine rings is 1. The van der Waals surface area contributed by atoms with E-state index in [0.29, 0.717) is 18.7 Å². The summed E-state index contributed by atoms with van der Waals surface area (Å²) in [5.41, 5.74) is 0.139. The molecule has 104 valence electrons. The van der Waals surface area contributed by atoms with Crippen LogP contribution in [0.1, 0.15) is 22.6 Å². The Morgan fingerprint density at radius 1 is 1.40 bits per heavy atom. The molecule has 7 nitrogen and oxygen atoms in total. The van der Waals surface area contributed by atoms with Crippen LogP contribution in [0.4, 0.5) is 4.79 Å². The van der Waals surface area contributed by atoms with Gasteiger partial charge in [-0.1, -0.05) is 6.07 Å². The highest BCUT2D eigenvalue weighted by molar-refractivity contribution is 6.08. The maximum Gasteiger partial charge on any atom is 0.322 e. The lowest BCUT2D eigenvalue weighted by atomic mass is 9.99. The highest BCUT2D eigenvalue weighted by atomic mass is 16.2. The van der Waals surface area contributed by atoms with Crippen LogP contribution in [0, 0.1) is 6.92 Å². The molecule has 4 amide bonds. The Morgan fingerprint density at radius 3 is 2.85 bits per heavy atom. The van der Waals surface area contributed by atoms with E-state index in [2.05, 4.69) is 15.6 Å². The zero-order valence-electron chi connectivity index (χ0n) is 11.0. The summed E-state index contributed by atoms with van der Waals surface area (Å²) >= 11 is 0. The number of carbonyl (C=O) groups is 3. The molecule has 0 aromatic carbocycles. The summed E-state index contributed by atoms with van der Waals surface area (Å²) in [6, 6.07) is 4.73. The van der Waals surface area contributed by atoms with Crippen LogP contribution in [-0.4, -0.2) is 46.4 Å². The van der Waals surface area contributed by atoms with Crippen molar-refractivity contribution in [2.45, 2.75) is 18.9 Å². The molecule has 2 fully saturated rings. The molecule has 2 aliphatic rings. The van der Waals surface area contributed by atoms with Crippen LogP contribution >= 0.6 is 0 Å². The second-order valence-corrected chi connectivity index (χ2v) is 5.13. The van der Waals surface area contributed by atoms with Crippen molar-refractivity contribution in [3.63, 3.8) is 0 Å². The van der Waals surface area contributed by atoms with Gasteiger partial charge < -0.3 is 10.2 Å². The number of amides is 4. The fourth-order valence-electron chi connectivity index (χ4n) is 2.62. The smallest absolute Gasteiger partial charge is 0.322 e. The van der Waals surface area contributed by atoms with Crippen molar-refractivity contribution in [3.8, 4) is 0 Å². The normalized spacial score (nSPS) is 24.9. The quantitative estimate of drug-likeness (QED) is 0.695. The SMILES string of the molecule is Cc1cccc(C(=O)N2CCC3(C2)NC(=O)NC3=O)n1. The Hall–Kier alpha value is -2.44. The van der Waals surface area contributed by atoms with Gasteiger partial charge in [0, 0.05) is 12.2 Å². The Bertz CT molecular complexity index is 615. The summed E-state index contributed by atoms with van der Waals surface area (Å²) < 4.78 is 0. The van der Waals surface area contributed by atoms with Crippen LogP contribution in [0.25, 0.3) is 0 Å². The minimum atomic E-state index is -0.976. The standard InChI is InChI=1S/C13H14N4O3/c1-8-3-2-4-9(14-8)10(18)17-6-5-13(7-17)11(19)15-12(20)16-13/h2-4H,5-7H2,1H3,(H2,15,16,19,20). The zero-order valence-corrected chi connectivity index (χ0v) is 11.0. The summed E-state index contributed by atoms with van der Waals surface area (Å²) in [6.45, 7) is 2.41. The highest BCUT2D eigenvalue weighted by Crippen LogP contribution is 2.25. The van der Waals surface area contributed by atoms with Gasteiger partial charge in [-0.25, -0.2) is 9.78 Å². The van der Waals surface area contributed by atoms with Crippen LogP contribution in [0.5, 0.6) is 0 Å². The lowest BCUT2D eigenvalue weighted by Crippen LogP contribution is -2.49. The molecule has 2 saturated heterocycles. The number of nitrogens with zero attached hydrogens (tertiary/aromatic N) is 2. The second kappa shape index (κ2) is 4.29. The van der Waals surface area contributed by atoms with Gasteiger partial charge in [-0.3, -0.25) is 14.9 Å². The van der Waals surface area contributed by atoms with E-state index in [9.17, 15) is 14.4 Å². The van der Waals surface area contributed by atoms with E-state index in [-0.39, 0.29) is 18.4 Å². The molecule has 20 heavy (non-hydrogen) atoms. The average molecular weight is 274 g/mol. The Labute approximate surface area is 115 Å². The Morgan fingerprint density at radius 2 is 2.20 bits per heavy atom. The van der Waals surface area contributed by atoms with Gasteiger partial charge in [-0.2, -0.15) is 0 Å². The molecule has 3 rings (SSSR count). The number of aromatic nitrogens is 1. The van der Waals surface area contributed by atoms with Crippen molar-refractivity contribution in [3.05, 3.63) is 29.6 Å². The van der Waals surface area contributed by atoms with Gasteiger partial charge in [0.1, 0.15) is 11.2 Å². The van der Waals surface area contributed by atoms with E-state index in [0.717, 1.165) is 5.69 Å². The Balaban J connectivity index is 1.79. The summed E-state index contributed by atoms with van der Waals surface area (Å²) in [7, 11) is 0. The topological polar surface area (TPSA) is 91.4 Å². The molecule has 1 aromatic heterocycles. The summed E-state index contributed by atoms with van der Waals surface area (Å²) in [5.74, 6) is -0.588. The monoisotopic (exact) mass is 274 g/mol. The lowest BCUT2D eigenvalue weighted by Gasteiger charge is -2.20. The third kappa shape index (κ3) is 1.91. The molecule has 0 bridgehead atoms. The van der Waals surface area contributed by atoms with Gasteiger partial charge in [-0.05, 0) is 25.5 Å². The molecule has 7 heteroatoms. The molecule has 1 spiro atoms. The molecule has 1 atom stereocenters. The molecular formula is C13H14N4O3. The zero-order chi connectivity index (χ0) is 14.3. The van der Waals surface area contributed by atoms with Gasteiger partial charge in [0.15, 0.2) is 0 Å². The average Bonchev–Trinajstić information content (AvgIpc) is 2.94. The van der Waals surface area contributed by atoms with E-state index < -0.39 is 11.6 Å². The van der Waals surface area contributed by atoms with Crippen LogP contribution in [-0.2, 0) is 4.79 Å². The first kappa shape index (κ1) is 12.6.